The Bertz CT molecular complexity index is 639. The second-order valence-corrected chi connectivity index (χ2v) is 5.60. The van der Waals surface area contributed by atoms with Crippen molar-refractivity contribution < 1.29 is 9.90 Å². The normalized spacial score (nSPS) is 16.1. The lowest BCUT2D eigenvalue weighted by Crippen LogP contribution is -2.21. The summed E-state index contributed by atoms with van der Waals surface area (Å²) in [5.74, 6) is -0.860. The molecule has 0 saturated carbocycles. The molecule has 4 heteroatoms. The van der Waals surface area contributed by atoms with Crippen LogP contribution in [0.5, 0.6) is 0 Å². The lowest BCUT2D eigenvalue weighted by Gasteiger charge is -2.13. The molecular formula is C16H20N2O2. The molecule has 0 radical (unpaired) electrons. The summed E-state index contributed by atoms with van der Waals surface area (Å²) in [6.07, 6.45) is 5.73. The highest BCUT2D eigenvalue weighted by molar-refractivity contribution is 5.94. The SMILES string of the molecule is Cn1cc(CCN2CCCC2)c2cc(C(=O)O)ccc21. The average Bonchev–Trinajstić information content (AvgIpc) is 3.05. The van der Waals surface area contributed by atoms with Crippen molar-refractivity contribution in [1.82, 2.24) is 9.47 Å². The number of rotatable bonds is 4. The second kappa shape index (κ2) is 5.29. The van der Waals surface area contributed by atoms with E-state index in [1.165, 1.54) is 31.5 Å². The molecule has 0 spiro atoms. The number of carboxylic acid groups (broad SMARTS) is 1. The molecule has 1 fully saturated rings. The van der Waals surface area contributed by atoms with Crippen LogP contribution in [-0.4, -0.2) is 40.2 Å². The van der Waals surface area contributed by atoms with Crippen LogP contribution in [-0.2, 0) is 13.5 Å². The first-order chi connectivity index (χ1) is 9.65. The Labute approximate surface area is 118 Å². The maximum atomic E-state index is 11.1. The molecule has 2 heterocycles. The van der Waals surface area contributed by atoms with Crippen LogP contribution < -0.4 is 0 Å². The van der Waals surface area contributed by atoms with Gasteiger partial charge in [-0.25, -0.2) is 4.79 Å². The number of aromatic nitrogens is 1. The van der Waals surface area contributed by atoms with Gasteiger partial charge in [0.05, 0.1) is 5.56 Å². The molecule has 1 aliphatic rings. The molecule has 0 aliphatic carbocycles. The molecule has 0 amide bonds. The number of carbonyl (C=O) groups is 1. The Morgan fingerprint density at radius 3 is 2.75 bits per heavy atom. The molecule has 0 unspecified atom stereocenters. The first-order valence-corrected chi connectivity index (χ1v) is 7.19. The Morgan fingerprint density at radius 1 is 1.30 bits per heavy atom. The van der Waals surface area contributed by atoms with Crippen molar-refractivity contribution in [3.8, 4) is 0 Å². The molecule has 1 aromatic heterocycles. The molecule has 20 heavy (non-hydrogen) atoms. The monoisotopic (exact) mass is 272 g/mol. The fourth-order valence-electron chi connectivity index (χ4n) is 3.09. The van der Waals surface area contributed by atoms with Crippen molar-refractivity contribution in [2.75, 3.05) is 19.6 Å². The van der Waals surface area contributed by atoms with Crippen LogP contribution in [0.3, 0.4) is 0 Å². The third-order valence-corrected chi connectivity index (χ3v) is 4.21. The van der Waals surface area contributed by atoms with Crippen LogP contribution >= 0.6 is 0 Å². The second-order valence-electron chi connectivity index (χ2n) is 5.60. The molecule has 0 bridgehead atoms. The summed E-state index contributed by atoms with van der Waals surface area (Å²) in [7, 11) is 2.02. The van der Waals surface area contributed by atoms with Gasteiger partial charge in [-0.2, -0.15) is 0 Å². The quantitative estimate of drug-likeness (QED) is 0.930. The van der Waals surface area contributed by atoms with Crippen LogP contribution in [0.25, 0.3) is 10.9 Å². The molecule has 1 aliphatic heterocycles. The summed E-state index contributed by atoms with van der Waals surface area (Å²) in [6, 6.07) is 5.38. The van der Waals surface area contributed by atoms with Crippen molar-refractivity contribution in [3.63, 3.8) is 0 Å². The first-order valence-electron chi connectivity index (χ1n) is 7.19. The van der Waals surface area contributed by atoms with E-state index in [1.54, 1.807) is 12.1 Å². The predicted molar refractivity (Wildman–Crippen MR) is 79.3 cm³/mol. The summed E-state index contributed by atoms with van der Waals surface area (Å²) in [6.45, 7) is 3.46. The van der Waals surface area contributed by atoms with Gasteiger partial charge in [-0.3, -0.25) is 0 Å². The van der Waals surface area contributed by atoms with Gasteiger partial charge in [0.15, 0.2) is 0 Å². The summed E-state index contributed by atoms with van der Waals surface area (Å²) >= 11 is 0. The highest BCUT2D eigenvalue weighted by Crippen LogP contribution is 2.23. The molecule has 3 rings (SSSR count). The molecule has 0 atom stereocenters. The highest BCUT2D eigenvalue weighted by Gasteiger charge is 2.14. The zero-order valence-electron chi connectivity index (χ0n) is 11.8. The van der Waals surface area contributed by atoms with Gasteiger partial charge in [-0.15, -0.1) is 0 Å². The fourth-order valence-corrected chi connectivity index (χ4v) is 3.09. The lowest BCUT2D eigenvalue weighted by atomic mass is 10.1. The number of carboxylic acids is 1. The number of hydrogen-bond donors (Lipinski definition) is 1. The van der Waals surface area contributed by atoms with E-state index in [1.807, 2.05) is 13.1 Å². The Balaban J connectivity index is 1.88. The largest absolute Gasteiger partial charge is 0.478 e. The smallest absolute Gasteiger partial charge is 0.335 e. The number of nitrogens with zero attached hydrogens (tertiary/aromatic N) is 2. The molecule has 2 aromatic rings. The zero-order valence-corrected chi connectivity index (χ0v) is 11.8. The van der Waals surface area contributed by atoms with Gasteiger partial charge in [0, 0.05) is 30.7 Å². The minimum Gasteiger partial charge on any atom is -0.478 e. The van der Waals surface area contributed by atoms with E-state index >= 15 is 0 Å². The predicted octanol–water partition coefficient (Wildman–Crippen LogP) is 2.51. The number of aryl methyl sites for hydroxylation is 1. The number of benzene rings is 1. The zero-order chi connectivity index (χ0) is 14.1. The van der Waals surface area contributed by atoms with E-state index in [0.29, 0.717) is 5.56 Å². The van der Waals surface area contributed by atoms with Gasteiger partial charge in [0.1, 0.15) is 0 Å². The lowest BCUT2D eigenvalue weighted by molar-refractivity contribution is 0.0697. The van der Waals surface area contributed by atoms with Gasteiger partial charge in [-0.1, -0.05) is 0 Å². The number of fused-ring (bicyclic) bond motifs is 1. The van der Waals surface area contributed by atoms with E-state index in [2.05, 4.69) is 15.7 Å². The first kappa shape index (κ1) is 13.2. The summed E-state index contributed by atoms with van der Waals surface area (Å²) in [5.41, 5.74) is 2.72. The third kappa shape index (κ3) is 2.43. The van der Waals surface area contributed by atoms with Gasteiger partial charge < -0.3 is 14.6 Å². The van der Waals surface area contributed by atoms with Crippen molar-refractivity contribution in [1.29, 1.82) is 0 Å². The molecular weight excluding hydrogens is 252 g/mol. The topological polar surface area (TPSA) is 45.5 Å². The van der Waals surface area contributed by atoms with E-state index < -0.39 is 5.97 Å². The van der Waals surface area contributed by atoms with Crippen molar-refractivity contribution in [3.05, 3.63) is 35.5 Å². The number of likely N-dealkylation sites (tertiary alicyclic amines) is 1. The standard InChI is InChI=1S/C16H20N2O2/c1-17-11-13(6-9-18-7-2-3-8-18)14-10-12(16(19)20)4-5-15(14)17/h4-5,10-11H,2-3,6-9H2,1H3,(H,19,20). The van der Waals surface area contributed by atoms with Crippen LogP contribution in [0.15, 0.2) is 24.4 Å². The minimum atomic E-state index is -0.860. The van der Waals surface area contributed by atoms with Gasteiger partial charge >= 0.3 is 5.97 Å². The van der Waals surface area contributed by atoms with Gasteiger partial charge in [0.25, 0.3) is 0 Å². The van der Waals surface area contributed by atoms with Crippen molar-refractivity contribution >= 4 is 16.9 Å². The maximum absolute atomic E-state index is 11.1. The Kier molecular flexibility index (Phi) is 3.49. The molecule has 4 nitrogen and oxygen atoms in total. The van der Waals surface area contributed by atoms with Gasteiger partial charge in [0.2, 0.25) is 0 Å². The molecule has 1 aromatic carbocycles. The van der Waals surface area contributed by atoms with Crippen LogP contribution in [0.1, 0.15) is 28.8 Å². The van der Waals surface area contributed by atoms with Crippen LogP contribution in [0.2, 0.25) is 0 Å². The van der Waals surface area contributed by atoms with Crippen molar-refractivity contribution in [2.45, 2.75) is 19.3 Å². The van der Waals surface area contributed by atoms with E-state index in [4.69, 9.17) is 5.11 Å². The average molecular weight is 272 g/mol. The summed E-state index contributed by atoms with van der Waals surface area (Å²) < 4.78 is 2.08. The van der Waals surface area contributed by atoms with Gasteiger partial charge in [-0.05, 0) is 56.1 Å². The summed E-state index contributed by atoms with van der Waals surface area (Å²) in [4.78, 5) is 13.6. The fraction of sp³-hybridized carbons (Fsp3) is 0.438. The maximum Gasteiger partial charge on any atom is 0.335 e. The van der Waals surface area contributed by atoms with E-state index in [0.717, 1.165) is 23.9 Å². The van der Waals surface area contributed by atoms with Crippen molar-refractivity contribution in [2.24, 2.45) is 7.05 Å². The Hall–Kier alpha value is -1.81. The van der Waals surface area contributed by atoms with E-state index in [-0.39, 0.29) is 0 Å². The molecule has 1 saturated heterocycles. The summed E-state index contributed by atoms with van der Waals surface area (Å²) in [5, 5.41) is 10.2. The molecule has 106 valence electrons. The Morgan fingerprint density at radius 2 is 2.05 bits per heavy atom. The van der Waals surface area contributed by atoms with Crippen LogP contribution in [0.4, 0.5) is 0 Å². The third-order valence-electron chi connectivity index (χ3n) is 4.21. The highest BCUT2D eigenvalue weighted by atomic mass is 16.4. The van der Waals surface area contributed by atoms with E-state index in [9.17, 15) is 4.79 Å². The minimum absolute atomic E-state index is 0.367. The number of hydrogen-bond acceptors (Lipinski definition) is 2. The number of aromatic carboxylic acids is 1. The van der Waals surface area contributed by atoms with Crippen LogP contribution in [0, 0.1) is 0 Å². The molecule has 1 N–H and O–H groups in total.